The van der Waals surface area contributed by atoms with E-state index in [-0.39, 0.29) is 13.2 Å². The van der Waals surface area contributed by atoms with Gasteiger partial charge in [0, 0.05) is 18.7 Å². The van der Waals surface area contributed by atoms with Gasteiger partial charge < -0.3 is 15.2 Å². The van der Waals surface area contributed by atoms with Crippen molar-refractivity contribution in [2.45, 2.75) is 6.10 Å². The second-order valence-electron chi connectivity index (χ2n) is 4.87. The highest BCUT2D eigenvalue weighted by molar-refractivity contribution is 5.94. The first-order chi connectivity index (χ1) is 11.4. The highest BCUT2D eigenvalue weighted by atomic mass is 19.1. The van der Waals surface area contributed by atoms with Crippen molar-refractivity contribution in [3.8, 4) is 5.75 Å². The van der Waals surface area contributed by atoms with Crippen LogP contribution in [-0.4, -0.2) is 30.3 Å². The van der Waals surface area contributed by atoms with E-state index in [1.807, 2.05) is 0 Å². The van der Waals surface area contributed by atoms with Gasteiger partial charge in [-0.25, -0.2) is 17.6 Å². The number of amides is 1. The summed E-state index contributed by atoms with van der Waals surface area (Å²) in [6, 6.07) is 5.80. The predicted octanol–water partition coefficient (Wildman–Crippen LogP) is 2.41. The van der Waals surface area contributed by atoms with Gasteiger partial charge in [0.15, 0.2) is 0 Å². The predicted molar refractivity (Wildman–Crippen MR) is 76.6 cm³/mol. The van der Waals surface area contributed by atoms with Gasteiger partial charge in [0.25, 0.3) is 5.91 Å². The number of nitrogens with one attached hydrogen (secondary N) is 1. The fourth-order valence-electron chi connectivity index (χ4n) is 1.84. The van der Waals surface area contributed by atoms with Gasteiger partial charge in [-0.1, -0.05) is 0 Å². The van der Waals surface area contributed by atoms with Gasteiger partial charge in [0.05, 0.1) is 0 Å². The number of aliphatic hydroxyl groups excluding tert-OH is 1. The number of rotatable bonds is 6. The molecular weight excluding hydrogens is 330 g/mol. The second-order valence-corrected chi connectivity index (χ2v) is 4.87. The van der Waals surface area contributed by atoms with Crippen LogP contribution in [0.25, 0.3) is 0 Å². The Morgan fingerprint density at radius 3 is 2.21 bits per heavy atom. The molecule has 0 bridgehead atoms. The maximum absolute atomic E-state index is 13.4. The molecule has 0 saturated carbocycles. The van der Waals surface area contributed by atoms with E-state index < -0.39 is 40.8 Å². The molecule has 1 unspecified atom stereocenters. The molecule has 0 fully saturated rings. The Morgan fingerprint density at radius 2 is 1.62 bits per heavy atom. The zero-order chi connectivity index (χ0) is 17.7. The standard InChI is InChI=1S/C16H13F4NO3/c17-9-1-3-12(4-2-9)24-8-11(22)7-21-16(23)15-13(19)5-10(18)6-14(15)20/h1-6,11,22H,7-8H2,(H,21,23). The molecule has 2 rings (SSSR count). The molecule has 2 N–H and O–H groups in total. The number of hydrogen-bond donors (Lipinski definition) is 2. The average molecular weight is 343 g/mol. The Morgan fingerprint density at radius 1 is 1.04 bits per heavy atom. The molecule has 128 valence electrons. The van der Waals surface area contributed by atoms with E-state index in [4.69, 9.17) is 4.74 Å². The molecule has 24 heavy (non-hydrogen) atoms. The van der Waals surface area contributed by atoms with Gasteiger partial charge in [-0.3, -0.25) is 4.79 Å². The van der Waals surface area contributed by atoms with Gasteiger partial charge in [-0.05, 0) is 24.3 Å². The van der Waals surface area contributed by atoms with E-state index >= 15 is 0 Å². The van der Waals surface area contributed by atoms with Crippen LogP contribution < -0.4 is 10.1 Å². The van der Waals surface area contributed by atoms with Crippen LogP contribution in [0.2, 0.25) is 0 Å². The normalized spacial score (nSPS) is 11.9. The number of halogens is 4. The third kappa shape index (κ3) is 4.69. The summed E-state index contributed by atoms with van der Waals surface area (Å²) in [6.45, 7) is -0.587. The minimum absolute atomic E-state index is 0.236. The first-order valence-corrected chi connectivity index (χ1v) is 6.86. The van der Waals surface area contributed by atoms with Crippen molar-refractivity contribution in [1.29, 1.82) is 0 Å². The topological polar surface area (TPSA) is 58.6 Å². The fraction of sp³-hybridized carbons (Fsp3) is 0.188. The van der Waals surface area contributed by atoms with Crippen molar-refractivity contribution in [1.82, 2.24) is 5.32 Å². The Balaban J connectivity index is 1.86. The Kier molecular flexibility index (Phi) is 5.75. The Bertz CT molecular complexity index is 699. The van der Waals surface area contributed by atoms with E-state index in [0.29, 0.717) is 17.9 Å². The van der Waals surface area contributed by atoms with Gasteiger partial charge in [-0.2, -0.15) is 0 Å². The minimum Gasteiger partial charge on any atom is -0.491 e. The lowest BCUT2D eigenvalue weighted by atomic mass is 10.1. The third-order valence-corrected chi connectivity index (χ3v) is 2.99. The number of hydrogen-bond acceptors (Lipinski definition) is 3. The van der Waals surface area contributed by atoms with Crippen molar-refractivity contribution in [3.05, 3.63) is 65.2 Å². The van der Waals surface area contributed by atoms with E-state index in [2.05, 4.69) is 5.32 Å². The molecule has 4 nitrogen and oxygen atoms in total. The lowest BCUT2D eigenvalue weighted by molar-refractivity contribution is 0.0836. The van der Waals surface area contributed by atoms with Crippen LogP contribution in [0, 0.1) is 23.3 Å². The number of carbonyl (C=O) groups is 1. The summed E-state index contributed by atoms with van der Waals surface area (Å²) in [5.74, 6) is -5.11. The van der Waals surface area contributed by atoms with Gasteiger partial charge in [0.2, 0.25) is 0 Å². The molecule has 2 aromatic rings. The quantitative estimate of drug-likeness (QED) is 0.792. The zero-order valence-corrected chi connectivity index (χ0v) is 12.2. The van der Waals surface area contributed by atoms with Crippen molar-refractivity contribution in [2.24, 2.45) is 0 Å². The molecule has 1 amide bonds. The average Bonchev–Trinajstić information content (AvgIpc) is 2.51. The van der Waals surface area contributed by atoms with Crippen molar-refractivity contribution in [2.75, 3.05) is 13.2 Å². The lowest BCUT2D eigenvalue weighted by Gasteiger charge is -2.14. The summed E-state index contributed by atoms with van der Waals surface area (Å²) < 4.78 is 57.5. The summed E-state index contributed by atoms with van der Waals surface area (Å²) in [5, 5.41) is 11.8. The third-order valence-electron chi connectivity index (χ3n) is 2.99. The van der Waals surface area contributed by atoms with E-state index in [1.165, 1.54) is 24.3 Å². The summed E-state index contributed by atoms with van der Waals surface area (Å²) >= 11 is 0. The number of carbonyl (C=O) groups excluding carboxylic acids is 1. The molecule has 0 aromatic heterocycles. The minimum atomic E-state index is -1.35. The molecule has 0 heterocycles. The maximum atomic E-state index is 13.4. The fourth-order valence-corrected chi connectivity index (χ4v) is 1.84. The van der Waals surface area contributed by atoms with E-state index in [1.54, 1.807) is 0 Å². The first kappa shape index (κ1) is 17.7. The highest BCUT2D eigenvalue weighted by Crippen LogP contribution is 2.15. The molecule has 0 aliphatic heterocycles. The largest absolute Gasteiger partial charge is 0.491 e. The van der Waals surface area contributed by atoms with Crippen LogP contribution in [0.15, 0.2) is 36.4 Å². The number of aliphatic hydroxyl groups is 1. The molecule has 0 aliphatic carbocycles. The molecule has 0 aliphatic rings. The molecular formula is C16H13F4NO3. The number of benzene rings is 2. The first-order valence-electron chi connectivity index (χ1n) is 6.86. The van der Waals surface area contributed by atoms with Crippen LogP contribution in [0.5, 0.6) is 5.75 Å². The van der Waals surface area contributed by atoms with Crippen LogP contribution in [0.3, 0.4) is 0 Å². The molecule has 0 spiro atoms. The second kappa shape index (κ2) is 7.78. The van der Waals surface area contributed by atoms with Crippen molar-refractivity contribution < 1.29 is 32.2 Å². The maximum Gasteiger partial charge on any atom is 0.257 e. The van der Waals surface area contributed by atoms with Gasteiger partial charge in [-0.15, -0.1) is 0 Å². The number of ether oxygens (including phenoxy) is 1. The molecule has 2 aromatic carbocycles. The highest BCUT2D eigenvalue weighted by Gasteiger charge is 2.19. The molecule has 0 saturated heterocycles. The summed E-state index contributed by atoms with van der Waals surface area (Å²) in [6.07, 6.45) is -1.18. The van der Waals surface area contributed by atoms with E-state index in [9.17, 15) is 27.5 Å². The molecule has 1 atom stereocenters. The Labute approximate surface area is 134 Å². The molecule has 0 radical (unpaired) electrons. The smallest absolute Gasteiger partial charge is 0.257 e. The van der Waals surface area contributed by atoms with Gasteiger partial charge in [0.1, 0.15) is 47.3 Å². The molecule has 8 heteroatoms. The zero-order valence-electron chi connectivity index (χ0n) is 12.2. The van der Waals surface area contributed by atoms with Crippen LogP contribution in [0.4, 0.5) is 17.6 Å². The SMILES string of the molecule is O=C(NCC(O)COc1ccc(F)cc1)c1c(F)cc(F)cc1F. The Hall–Kier alpha value is -2.61. The van der Waals surface area contributed by atoms with E-state index in [0.717, 1.165) is 0 Å². The van der Waals surface area contributed by atoms with Crippen molar-refractivity contribution in [3.63, 3.8) is 0 Å². The van der Waals surface area contributed by atoms with Crippen molar-refractivity contribution >= 4 is 5.91 Å². The van der Waals surface area contributed by atoms with Crippen LogP contribution >= 0.6 is 0 Å². The lowest BCUT2D eigenvalue weighted by Crippen LogP contribution is -2.36. The van der Waals surface area contributed by atoms with Crippen LogP contribution in [-0.2, 0) is 0 Å². The summed E-state index contributed by atoms with van der Waals surface area (Å²) in [7, 11) is 0. The monoisotopic (exact) mass is 343 g/mol. The van der Waals surface area contributed by atoms with Gasteiger partial charge >= 0.3 is 0 Å². The summed E-state index contributed by atoms with van der Waals surface area (Å²) in [4.78, 5) is 11.7. The van der Waals surface area contributed by atoms with Crippen LogP contribution in [0.1, 0.15) is 10.4 Å². The summed E-state index contributed by atoms with van der Waals surface area (Å²) in [5.41, 5.74) is -0.942.